The van der Waals surface area contributed by atoms with Gasteiger partial charge < -0.3 is 0 Å². The van der Waals surface area contributed by atoms with Crippen molar-refractivity contribution in [1.29, 1.82) is 0 Å². The second-order valence-corrected chi connectivity index (χ2v) is 4.36. The maximum Gasteiger partial charge on any atom is 0.339 e. The zero-order chi connectivity index (χ0) is 11.7. The molecule has 0 atom stereocenters. The highest BCUT2D eigenvalue weighted by Gasteiger charge is 2.45. The third-order valence-electron chi connectivity index (χ3n) is 2.40. The van der Waals surface area contributed by atoms with E-state index in [4.69, 9.17) is 0 Å². The number of nitroso groups, excluding NO2 is 2. The molecule has 0 saturated carbocycles. The van der Waals surface area contributed by atoms with Crippen molar-refractivity contribution < 1.29 is 9.52 Å². The van der Waals surface area contributed by atoms with Crippen LogP contribution in [0.4, 0.5) is 11.4 Å². The van der Waals surface area contributed by atoms with Crippen LogP contribution in [0.5, 0.6) is 0 Å². The van der Waals surface area contributed by atoms with Gasteiger partial charge >= 0.3 is 22.8 Å². The van der Waals surface area contributed by atoms with Crippen molar-refractivity contribution in [2.75, 3.05) is 10.7 Å². The zero-order valence-electron chi connectivity index (χ0n) is 8.19. The second kappa shape index (κ2) is 4.55. The summed E-state index contributed by atoms with van der Waals surface area (Å²) in [6, 6.07) is 6.76. The van der Waals surface area contributed by atoms with Gasteiger partial charge in [-0.05, 0) is 0 Å². The van der Waals surface area contributed by atoms with E-state index in [-0.39, 0.29) is 0 Å². The van der Waals surface area contributed by atoms with Gasteiger partial charge in [-0.3, -0.25) is 0 Å². The fourth-order valence-electron chi connectivity index (χ4n) is 1.60. The van der Waals surface area contributed by atoms with Crippen LogP contribution in [0.1, 0.15) is 0 Å². The standard InChI is InChI=1S/C10H8Br2N2O2/c11-5-9-10(6-12)14(16)8-4-2-1-3-7(8)13(9)15/h1-4H,5-6H2/q+2. The number of fused-ring (bicyclic) bond motifs is 1. The first-order valence-electron chi connectivity index (χ1n) is 4.58. The maximum absolute atomic E-state index is 12.0. The molecule has 2 rings (SSSR count). The largest absolute Gasteiger partial charge is 0.339 e. The zero-order valence-corrected chi connectivity index (χ0v) is 11.4. The summed E-state index contributed by atoms with van der Waals surface area (Å²) in [7, 11) is 0. The Morgan fingerprint density at radius 2 is 1.25 bits per heavy atom. The molecule has 0 aromatic heterocycles. The molecule has 1 aromatic rings. The van der Waals surface area contributed by atoms with Gasteiger partial charge in [-0.1, -0.05) is 44.0 Å². The Bertz CT molecular complexity index is 466. The fourth-order valence-corrected chi connectivity index (χ4v) is 2.70. The summed E-state index contributed by atoms with van der Waals surface area (Å²) in [6.45, 7) is 0. The quantitative estimate of drug-likeness (QED) is 0.606. The van der Waals surface area contributed by atoms with E-state index in [9.17, 15) is 9.81 Å². The van der Waals surface area contributed by atoms with Crippen molar-refractivity contribution in [3.8, 4) is 0 Å². The van der Waals surface area contributed by atoms with Crippen molar-refractivity contribution in [3.05, 3.63) is 45.5 Å². The summed E-state index contributed by atoms with van der Waals surface area (Å²) < 4.78 is 1.60. The number of benzene rings is 1. The second-order valence-electron chi connectivity index (χ2n) is 3.24. The molecular weight excluding hydrogens is 340 g/mol. The van der Waals surface area contributed by atoms with Crippen LogP contribution >= 0.6 is 31.9 Å². The molecule has 0 aliphatic carbocycles. The molecule has 6 heteroatoms. The average Bonchev–Trinajstić information content (AvgIpc) is 2.33. The first kappa shape index (κ1) is 11.6. The van der Waals surface area contributed by atoms with Gasteiger partial charge in [0.05, 0.1) is 9.52 Å². The van der Waals surface area contributed by atoms with Crippen LogP contribution in [-0.4, -0.2) is 20.2 Å². The lowest BCUT2D eigenvalue weighted by Gasteiger charge is -2.03. The lowest BCUT2D eigenvalue weighted by atomic mass is 10.2. The topological polar surface area (TPSA) is 40.2 Å². The Hall–Kier alpha value is -0.880. The van der Waals surface area contributed by atoms with E-state index in [1.54, 1.807) is 24.3 Å². The van der Waals surface area contributed by atoms with Gasteiger partial charge in [0.25, 0.3) is 0 Å². The fraction of sp³-hybridized carbons (Fsp3) is 0.200. The third-order valence-corrected chi connectivity index (χ3v) is 3.46. The highest BCUT2D eigenvalue weighted by Crippen LogP contribution is 2.37. The number of halogens is 2. The molecule has 82 valence electrons. The van der Waals surface area contributed by atoms with Crippen LogP contribution in [0.3, 0.4) is 0 Å². The van der Waals surface area contributed by atoms with E-state index < -0.39 is 0 Å². The maximum atomic E-state index is 12.0. The van der Waals surface area contributed by atoms with Crippen molar-refractivity contribution in [2.45, 2.75) is 0 Å². The molecule has 1 aliphatic heterocycles. The molecule has 0 saturated heterocycles. The van der Waals surface area contributed by atoms with Gasteiger partial charge in [-0.15, -0.1) is 0 Å². The molecule has 0 spiro atoms. The lowest BCUT2D eigenvalue weighted by Crippen LogP contribution is -2.19. The van der Waals surface area contributed by atoms with E-state index in [1.165, 1.54) is 0 Å². The number of nitrogens with zero attached hydrogens (tertiary/aromatic N) is 2. The summed E-state index contributed by atoms with van der Waals surface area (Å²) >= 11 is 6.45. The Balaban J connectivity index is 2.67. The Morgan fingerprint density at radius 3 is 1.56 bits per heavy atom. The molecule has 16 heavy (non-hydrogen) atoms. The molecule has 0 N–H and O–H groups in total. The van der Waals surface area contributed by atoms with E-state index in [0.717, 1.165) is 9.52 Å². The molecule has 0 bridgehead atoms. The van der Waals surface area contributed by atoms with Crippen LogP contribution in [0, 0.1) is 9.81 Å². The number of para-hydroxylation sites is 2. The Kier molecular flexibility index (Phi) is 3.30. The van der Waals surface area contributed by atoms with Gasteiger partial charge in [0.15, 0.2) is 0 Å². The van der Waals surface area contributed by atoms with Gasteiger partial charge in [0.2, 0.25) is 0 Å². The van der Waals surface area contributed by atoms with Crippen molar-refractivity contribution in [2.24, 2.45) is 0 Å². The minimum atomic E-state index is 0.352. The number of rotatable bonds is 2. The summed E-state index contributed by atoms with van der Waals surface area (Å²) in [5, 5.41) is 0.703. The van der Waals surface area contributed by atoms with E-state index in [0.29, 0.717) is 33.4 Å². The molecule has 0 radical (unpaired) electrons. The molecule has 4 nitrogen and oxygen atoms in total. The molecule has 0 amide bonds. The predicted molar refractivity (Wildman–Crippen MR) is 67.6 cm³/mol. The Labute approximate surface area is 109 Å². The first-order chi connectivity index (χ1) is 7.70. The van der Waals surface area contributed by atoms with Crippen LogP contribution in [0.25, 0.3) is 0 Å². The number of hydrogen-bond donors (Lipinski definition) is 0. The van der Waals surface area contributed by atoms with Gasteiger partial charge in [-0.25, -0.2) is 0 Å². The molecule has 1 aliphatic rings. The number of hydrogen-bond acceptors (Lipinski definition) is 2. The molecule has 1 heterocycles. The van der Waals surface area contributed by atoms with Crippen LogP contribution in [0.15, 0.2) is 35.7 Å². The van der Waals surface area contributed by atoms with Crippen LogP contribution < -0.4 is 0 Å². The van der Waals surface area contributed by atoms with Crippen molar-refractivity contribution >= 4 is 43.2 Å². The summed E-state index contributed by atoms with van der Waals surface area (Å²) in [6.07, 6.45) is 0. The minimum absolute atomic E-state index is 0.352. The SMILES string of the molecule is O=[N+]1C(CBr)=C(CBr)[N+](=O)c2ccccc21. The highest BCUT2D eigenvalue weighted by atomic mass is 79.9. The van der Waals surface area contributed by atoms with Gasteiger partial charge in [0.1, 0.15) is 10.7 Å². The number of allylic oxidation sites excluding steroid dienone is 2. The predicted octanol–water partition coefficient (Wildman–Crippen LogP) is 3.52. The van der Waals surface area contributed by atoms with Crippen molar-refractivity contribution in [3.63, 3.8) is 0 Å². The normalized spacial score (nSPS) is 15.4. The lowest BCUT2D eigenvalue weighted by molar-refractivity contribution is -0.487. The average molecular weight is 348 g/mol. The highest BCUT2D eigenvalue weighted by molar-refractivity contribution is 9.09. The summed E-state index contributed by atoms with van der Waals surface area (Å²) in [4.78, 5) is 24.0. The minimum Gasteiger partial charge on any atom is -0.0805 e. The van der Waals surface area contributed by atoms with Crippen LogP contribution in [0.2, 0.25) is 0 Å². The van der Waals surface area contributed by atoms with Gasteiger partial charge in [0, 0.05) is 21.9 Å². The van der Waals surface area contributed by atoms with Crippen LogP contribution in [-0.2, 0) is 0 Å². The first-order valence-corrected chi connectivity index (χ1v) is 6.82. The summed E-state index contributed by atoms with van der Waals surface area (Å²) in [5.74, 6) is 0. The Morgan fingerprint density at radius 1 is 0.875 bits per heavy atom. The van der Waals surface area contributed by atoms with Gasteiger partial charge in [-0.2, -0.15) is 0 Å². The monoisotopic (exact) mass is 346 g/mol. The number of alkyl halides is 2. The van der Waals surface area contributed by atoms with E-state index in [2.05, 4.69) is 31.9 Å². The molecular formula is C10H8Br2N2O2+2. The summed E-state index contributed by atoms with van der Waals surface area (Å²) in [5.41, 5.74) is 1.64. The third kappa shape index (κ3) is 1.66. The van der Waals surface area contributed by atoms with E-state index >= 15 is 0 Å². The molecule has 1 aromatic carbocycles. The molecule has 0 unspecified atom stereocenters. The molecule has 0 fully saturated rings. The smallest absolute Gasteiger partial charge is 0.0805 e. The van der Waals surface area contributed by atoms with Crippen molar-refractivity contribution in [1.82, 2.24) is 0 Å². The van der Waals surface area contributed by atoms with E-state index in [1.807, 2.05) is 0 Å².